The first-order valence-electron chi connectivity index (χ1n) is 12.5. The Kier molecular flexibility index (Phi) is 8.05. The number of rotatable bonds is 9. The van der Waals surface area contributed by atoms with Crippen LogP contribution in [0, 0.1) is 0 Å². The molecule has 1 unspecified atom stereocenters. The van der Waals surface area contributed by atoms with Crippen LogP contribution in [-0.4, -0.2) is 33.9 Å². The predicted molar refractivity (Wildman–Crippen MR) is 150 cm³/mol. The lowest BCUT2D eigenvalue weighted by Gasteiger charge is -2.30. The van der Waals surface area contributed by atoms with E-state index in [1.165, 1.54) is 6.33 Å². The second kappa shape index (κ2) is 11.8. The number of carbonyl (C=O) groups is 1. The quantitative estimate of drug-likeness (QED) is 0.230. The van der Waals surface area contributed by atoms with Gasteiger partial charge in [-0.2, -0.15) is 10.1 Å². The third-order valence-electron chi connectivity index (χ3n) is 6.17. The molecular weight excluding hydrogens is 539 g/mol. The third-order valence-corrected chi connectivity index (χ3v) is 6.88. The van der Waals surface area contributed by atoms with Crippen molar-refractivity contribution >= 4 is 40.8 Å². The summed E-state index contributed by atoms with van der Waals surface area (Å²) in [5.41, 5.74) is 3.25. The molecule has 2 heterocycles. The molecule has 1 aliphatic rings. The number of anilines is 1. The molecule has 1 aromatic heterocycles. The Bertz CT molecular complexity index is 1500. The number of hydrogen-bond donors (Lipinski definition) is 1. The zero-order chi connectivity index (χ0) is 27.4. The van der Waals surface area contributed by atoms with Gasteiger partial charge in [0.15, 0.2) is 11.5 Å². The molecule has 39 heavy (non-hydrogen) atoms. The van der Waals surface area contributed by atoms with E-state index in [-0.39, 0.29) is 13.2 Å². The fourth-order valence-corrected chi connectivity index (χ4v) is 4.94. The average Bonchev–Trinajstić information content (AvgIpc) is 3.42. The van der Waals surface area contributed by atoms with Gasteiger partial charge in [-0.15, -0.1) is 0 Å². The SMILES string of the molecule is CCOC(=O)C1=C(c2ccccc2)Nc2ncnn2C1c1ccc(OCc2c(Cl)cccc2Cl)c(OCC)c1. The van der Waals surface area contributed by atoms with E-state index in [9.17, 15) is 4.79 Å². The number of hydrogen-bond acceptors (Lipinski definition) is 7. The molecule has 4 aromatic rings. The van der Waals surface area contributed by atoms with Gasteiger partial charge in [-0.1, -0.05) is 65.7 Å². The zero-order valence-corrected chi connectivity index (χ0v) is 22.9. The van der Waals surface area contributed by atoms with E-state index in [1.54, 1.807) is 35.9 Å². The lowest BCUT2D eigenvalue weighted by Crippen LogP contribution is -2.30. The standard InChI is InChI=1S/C29H26Cl2N4O4/c1-3-37-24-15-19(13-14-23(24)39-16-20-21(30)11-8-12-22(20)31)27-25(28(36)38-4-2)26(18-9-6-5-7-10-18)34-29-32-17-33-35(27)29/h5-15,17,27H,3-4,16H2,1-2H3,(H,32,33,34). The maximum atomic E-state index is 13.4. The molecule has 0 saturated carbocycles. The summed E-state index contributed by atoms with van der Waals surface area (Å²) in [5, 5.41) is 8.73. The molecule has 1 atom stereocenters. The average molecular weight is 565 g/mol. The number of fused-ring (bicyclic) bond motifs is 1. The summed E-state index contributed by atoms with van der Waals surface area (Å²) < 4.78 is 19.2. The summed E-state index contributed by atoms with van der Waals surface area (Å²) in [5.74, 6) is 1.05. The number of benzene rings is 3. The van der Waals surface area contributed by atoms with Crippen LogP contribution in [0.5, 0.6) is 11.5 Å². The first-order chi connectivity index (χ1) is 19.0. The van der Waals surface area contributed by atoms with E-state index in [1.807, 2.05) is 49.4 Å². The lowest BCUT2D eigenvalue weighted by molar-refractivity contribution is -0.138. The summed E-state index contributed by atoms with van der Waals surface area (Å²) in [6, 6.07) is 19.8. The van der Waals surface area contributed by atoms with Gasteiger partial charge in [0.05, 0.1) is 24.5 Å². The smallest absolute Gasteiger partial charge is 0.338 e. The Morgan fingerprint density at radius 2 is 1.72 bits per heavy atom. The van der Waals surface area contributed by atoms with E-state index in [0.717, 1.165) is 11.1 Å². The van der Waals surface area contributed by atoms with Crippen LogP contribution in [0.1, 0.15) is 36.6 Å². The van der Waals surface area contributed by atoms with Crippen molar-refractivity contribution in [2.45, 2.75) is 26.5 Å². The molecule has 5 rings (SSSR count). The van der Waals surface area contributed by atoms with Crippen molar-refractivity contribution in [1.29, 1.82) is 0 Å². The highest BCUT2D eigenvalue weighted by molar-refractivity contribution is 6.35. The number of nitrogens with zero attached hydrogens (tertiary/aromatic N) is 3. The predicted octanol–water partition coefficient (Wildman–Crippen LogP) is 6.55. The molecule has 1 aliphatic heterocycles. The molecule has 1 N–H and O–H groups in total. The van der Waals surface area contributed by atoms with Gasteiger partial charge in [0.25, 0.3) is 0 Å². The Morgan fingerprint density at radius 3 is 2.44 bits per heavy atom. The van der Waals surface area contributed by atoms with Gasteiger partial charge in [0.2, 0.25) is 5.95 Å². The van der Waals surface area contributed by atoms with Crippen LogP contribution in [0.15, 0.2) is 78.6 Å². The number of esters is 1. The van der Waals surface area contributed by atoms with Crippen LogP contribution in [-0.2, 0) is 16.1 Å². The summed E-state index contributed by atoms with van der Waals surface area (Å²) in [7, 11) is 0. The number of carbonyl (C=O) groups excluding carboxylic acids is 1. The minimum atomic E-state index is -0.635. The fourth-order valence-electron chi connectivity index (χ4n) is 4.43. The number of nitrogens with one attached hydrogen (secondary N) is 1. The molecule has 0 spiro atoms. The van der Waals surface area contributed by atoms with Gasteiger partial charge >= 0.3 is 5.97 Å². The van der Waals surface area contributed by atoms with Crippen molar-refractivity contribution in [3.8, 4) is 11.5 Å². The van der Waals surface area contributed by atoms with Crippen molar-refractivity contribution < 1.29 is 19.0 Å². The number of halogens is 2. The van der Waals surface area contributed by atoms with Crippen molar-refractivity contribution in [2.75, 3.05) is 18.5 Å². The molecule has 200 valence electrons. The van der Waals surface area contributed by atoms with Gasteiger partial charge in [-0.25, -0.2) is 9.48 Å². The highest BCUT2D eigenvalue weighted by Gasteiger charge is 2.36. The Balaban J connectivity index is 1.59. The van der Waals surface area contributed by atoms with Crippen LogP contribution < -0.4 is 14.8 Å². The first-order valence-corrected chi connectivity index (χ1v) is 13.2. The zero-order valence-electron chi connectivity index (χ0n) is 21.4. The van der Waals surface area contributed by atoms with E-state index in [2.05, 4.69) is 15.4 Å². The van der Waals surface area contributed by atoms with Crippen LogP contribution in [0.3, 0.4) is 0 Å². The highest BCUT2D eigenvalue weighted by Crippen LogP contribution is 2.41. The van der Waals surface area contributed by atoms with E-state index in [0.29, 0.717) is 50.9 Å². The number of ether oxygens (including phenoxy) is 3. The van der Waals surface area contributed by atoms with Gasteiger partial charge in [0, 0.05) is 15.6 Å². The highest BCUT2D eigenvalue weighted by atomic mass is 35.5. The monoisotopic (exact) mass is 564 g/mol. The second-order valence-electron chi connectivity index (χ2n) is 8.56. The second-order valence-corrected chi connectivity index (χ2v) is 9.37. The Hall–Kier alpha value is -4.01. The first kappa shape index (κ1) is 26.6. The summed E-state index contributed by atoms with van der Waals surface area (Å²) in [6.45, 7) is 4.45. The molecule has 8 nitrogen and oxygen atoms in total. The number of aromatic nitrogens is 3. The molecular formula is C29H26Cl2N4O4. The van der Waals surface area contributed by atoms with Crippen molar-refractivity contribution in [2.24, 2.45) is 0 Å². The summed E-state index contributed by atoms with van der Waals surface area (Å²) in [4.78, 5) is 17.8. The van der Waals surface area contributed by atoms with Gasteiger partial charge in [-0.3, -0.25) is 0 Å². The van der Waals surface area contributed by atoms with Crippen molar-refractivity contribution in [3.63, 3.8) is 0 Å². The maximum Gasteiger partial charge on any atom is 0.338 e. The molecule has 0 saturated heterocycles. The minimum Gasteiger partial charge on any atom is -0.490 e. The maximum absolute atomic E-state index is 13.4. The summed E-state index contributed by atoms with van der Waals surface area (Å²) >= 11 is 12.7. The molecule has 0 bridgehead atoms. The lowest BCUT2D eigenvalue weighted by atomic mass is 9.92. The van der Waals surface area contributed by atoms with Crippen LogP contribution >= 0.6 is 23.2 Å². The summed E-state index contributed by atoms with van der Waals surface area (Å²) in [6.07, 6.45) is 1.44. The van der Waals surface area contributed by atoms with Crippen LogP contribution in [0.2, 0.25) is 10.0 Å². The molecule has 10 heteroatoms. The molecule has 0 radical (unpaired) electrons. The fraction of sp³-hybridized carbons (Fsp3) is 0.207. The van der Waals surface area contributed by atoms with Crippen LogP contribution in [0.4, 0.5) is 5.95 Å². The molecule has 0 fully saturated rings. The van der Waals surface area contributed by atoms with Crippen LogP contribution in [0.25, 0.3) is 5.70 Å². The Labute approximate surface area is 236 Å². The van der Waals surface area contributed by atoms with E-state index >= 15 is 0 Å². The van der Waals surface area contributed by atoms with E-state index < -0.39 is 12.0 Å². The van der Waals surface area contributed by atoms with Gasteiger partial charge < -0.3 is 19.5 Å². The van der Waals surface area contributed by atoms with Crippen molar-refractivity contribution in [1.82, 2.24) is 14.8 Å². The molecule has 0 aliphatic carbocycles. The molecule has 3 aromatic carbocycles. The van der Waals surface area contributed by atoms with E-state index in [4.69, 9.17) is 37.4 Å². The third kappa shape index (κ3) is 5.44. The Morgan fingerprint density at radius 1 is 0.949 bits per heavy atom. The van der Waals surface area contributed by atoms with Gasteiger partial charge in [-0.05, 0) is 49.2 Å². The largest absolute Gasteiger partial charge is 0.490 e. The minimum absolute atomic E-state index is 0.157. The molecule has 0 amide bonds. The normalized spacial score (nSPS) is 14.4. The topological polar surface area (TPSA) is 87.5 Å². The van der Waals surface area contributed by atoms with Gasteiger partial charge in [0.1, 0.15) is 19.0 Å². The van der Waals surface area contributed by atoms with Crippen molar-refractivity contribution in [3.05, 3.63) is 105 Å².